The van der Waals surface area contributed by atoms with Gasteiger partial charge in [-0.25, -0.2) is 0 Å². The molecule has 0 heterocycles. The molecule has 0 saturated heterocycles. The number of hydrogen-bond acceptors (Lipinski definition) is 2. The molecule has 2 fully saturated rings. The minimum Gasteiger partial charge on any atom is -0.427 e. The van der Waals surface area contributed by atoms with Crippen molar-refractivity contribution in [3.05, 3.63) is 36.6 Å². The van der Waals surface area contributed by atoms with Crippen LogP contribution in [0.15, 0.2) is 36.6 Å². The van der Waals surface area contributed by atoms with Crippen LogP contribution >= 0.6 is 0 Å². The van der Waals surface area contributed by atoms with Crippen LogP contribution in [0.4, 0.5) is 0 Å². The van der Waals surface area contributed by atoms with Crippen LogP contribution in [0.1, 0.15) is 91.4 Å². The molecule has 0 N–H and O–H groups in total. The van der Waals surface area contributed by atoms with Crippen molar-refractivity contribution >= 4 is 5.97 Å². The minimum atomic E-state index is -0.0880. The standard InChI is InChI=1S/C26H42O2/c1-6-7-8-20(3)21(4)11-12-22(5)28-26(27)25-17-15-24(16-18-25)23-13-9-19(2)10-14-23/h11-12,19-20,23-25H,4-10,13-18H2,1-3H3/b12-11-. The van der Waals surface area contributed by atoms with Crippen LogP contribution < -0.4 is 0 Å². The first-order chi connectivity index (χ1) is 13.4. The topological polar surface area (TPSA) is 26.3 Å². The zero-order valence-electron chi connectivity index (χ0n) is 18.6. The van der Waals surface area contributed by atoms with Crippen LogP contribution in [0.5, 0.6) is 0 Å². The minimum absolute atomic E-state index is 0.0515. The Morgan fingerprint density at radius 1 is 1.00 bits per heavy atom. The van der Waals surface area contributed by atoms with Crippen molar-refractivity contribution in [2.45, 2.75) is 91.4 Å². The molecule has 0 radical (unpaired) electrons. The van der Waals surface area contributed by atoms with Crippen molar-refractivity contribution in [3.8, 4) is 0 Å². The fourth-order valence-corrected chi connectivity index (χ4v) is 4.89. The van der Waals surface area contributed by atoms with E-state index in [1.165, 1.54) is 51.4 Å². The first-order valence-electron chi connectivity index (χ1n) is 11.7. The third-order valence-electron chi connectivity index (χ3n) is 7.17. The summed E-state index contributed by atoms with van der Waals surface area (Å²) in [7, 11) is 0. The average molecular weight is 387 g/mol. The predicted molar refractivity (Wildman–Crippen MR) is 119 cm³/mol. The van der Waals surface area contributed by atoms with Gasteiger partial charge in [0.2, 0.25) is 0 Å². The number of esters is 1. The first-order valence-corrected chi connectivity index (χ1v) is 11.7. The molecule has 2 rings (SSSR count). The molecule has 0 aromatic heterocycles. The lowest BCUT2D eigenvalue weighted by Crippen LogP contribution is -2.28. The number of carbonyl (C=O) groups excluding carboxylic acids is 1. The van der Waals surface area contributed by atoms with Gasteiger partial charge in [-0.05, 0) is 74.7 Å². The summed E-state index contributed by atoms with van der Waals surface area (Å²) in [6.45, 7) is 14.8. The number of ether oxygens (including phenoxy) is 1. The van der Waals surface area contributed by atoms with Crippen LogP contribution in [0.25, 0.3) is 0 Å². The van der Waals surface area contributed by atoms with Crippen LogP contribution in [-0.2, 0) is 9.53 Å². The molecule has 2 saturated carbocycles. The Balaban J connectivity index is 1.71. The van der Waals surface area contributed by atoms with E-state index in [0.29, 0.717) is 11.7 Å². The van der Waals surface area contributed by atoms with E-state index in [0.717, 1.165) is 42.6 Å². The van der Waals surface area contributed by atoms with Crippen LogP contribution in [-0.4, -0.2) is 5.97 Å². The van der Waals surface area contributed by atoms with Crippen molar-refractivity contribution in [1.82, 2.24) is 0 Å². The van der Waals surface area contributed by atoms with E-state index in [-0.39, 0.29) is 11.9 Å². The lowest BCUT2D eigenvalue weighted by atomic mass is 9.69. The van der Waals surface area contributed by atoms with Crippen molar-refractivity contribution in [2.24, 2.45) is 29.6 Å². The molecule has 0 spiro atoms. The Morgan fingerprint density at radius 2 is 1.57 bits per heavy atom. The van der Waals surface area contributed by atoms with E-state index in [2.05, 4.69) is 33.9 Å². The summed E-state index contributed by atoms with van der Waals surface area (Å²) in [5.74, 6) is 3.49. The highest BCUT2D eigenvalue weighted by Gasteiger charge is 2.33. The molecule has 2 aliphatic rings. The summed E-state index contributed by atoms with van der Waals surface area (Å²) >= 11 is 0. The van der Waals surface area contributed by atoms with Crippen molar-refractivity contribution in [2.75, 3.05) is 0 Å². The summed E-state index contributed by atoms with van der Waals surface area (Å²) < 4.78 is 5.53. The van der Waals surface area contributed by atoms with E-state index < -0.39 is 0 Å². The van der Waals surface area contributed by atoms with Crippen molar-refractivity contribution in [3.63, 3.8) is 0 Å². The maximum absolute atomic E-state index is 12.5. The summed E-state index contributed by atoms with van der Waals surface area (Å²) in [4.78, 5) is 12.5. The van der Waals surface area contributed by atoms with Gasteiger partial charge in [0.25, 0.3) is 0 Å². The van der Waals surface area contributed by atoms with E-state index in [4.69, 9.17) is 4.74 Å². The second-order valence-electron chi connectivity index (χ2n) is 9.47. The zero-order valence-corrected chi connectivity index (χ0v) is 18.6. The second kappa shape index (κ2) is 11.6. The van der Waals surface area contributed by atoms with Gasteiger partial charge >= 0.3 is 5.97 Å². The number of hydrogen-bond donors (Lipinski definition) is 0. The van der Waals surface area contributed by atoms with Crippen molar-refractivity contribution in [1.29, 1.82) is 0 Å². The fourth-order valence-electron chi connectivity index (χ4n) is 4.89. The molecule has 0 aromatic rings. The molecule has 0 amide bonds. The number of unbranched alkanes of at least 4 members (excludes halogenated alkanes) is 1. The summed E-state index contributed by atoms with van der Waals surface area (Å²) in [5, 5.41) is 0. The summed E-state index contributed by atoms with van der Waals surface area (Å²) in [6, 6.07) is 0. The Hall–Kier alpha value is -1.31. The van der Waals surface area contributed by atoms with Gasteiger partial charge in [-0.1, -0.05) is 71.3 Å². The van der Waals surface area contributed by atoms with Gasteiger partial charge in [0.1, 0.15) is 5.76 Å². The summed E-state index contributed by atoms with van der Waals surface area (Å²) in [6.07, 6.45) is 17.2. The molecule has 1 unspecified atom stereocenters. The zero-order chi connectivity index (χ0) is 20.5. The number of carbonyl (C=O) groups is 1. The van der Waals surface area contributed by atoms with E-state index in [9.17, 15) is 4.79 Å². The first kappa shape index (κ1) is 23.0. The molecule has 0 bridgehead atoms. The van der Waals surface area contributed by atoms with Gasteiger partial charge in [0, 0.05) is 0 Å². The van der Waals surface area contributed by atoms with E-state index >= 15 is 0 Å². The maximum Gasteiger partial charge on any atom is 0.314 e. The van der Waals surface area contributed by atoms with Crippen LogP contribution in [0, 0.1) is 29.6 Å². The Kier molecular flexibility index (Phi) is 9.55. The Morgan fingerprint density at radius 3 is 2.14 bits per heavy atom. The highest BCUT2D eigenvalue weighted by Crippen LogP contribution is 2.41. The fraction of sp³-hybridized carbons (Fsp3) is 0.731. The highest BCUT2D eigenvalue weighted by atomic mass is 16.5. The highest BCUT2D eigenvalue weighted by molar-refractivity contribution is 5.73. The van der Waals surface area contributed by atoms with Crippen LogP contribution in [0.2, 0.25) is 0 Å². The molecule has 2 heteroatoms. The van der Waals surface area contributed by atoms with Gasteiger partial charge in [0.05, 0.1) is 5.92 Å². The van der Waals surface area contributed by atoms with E-state index in [1.54, 1.807) is 6.08 Å². The van der Waals surface area contributed by atoms with Gasteiger partial charge in [-0.3, -0.25) is 4.79 Å². The largest absolute Gasteiger partial charge is 0.427 e. The molecule has 2 nitrogen and oxygen atoms in total. The van der Waals surface area contributed by atoms with Gasteiger partial charge in [0.15, 0.2) is 0 Å². The normalized spacial score (nSPS) is 29.4. The van der Waals surface area contributed by atoms with E-state index in [1.807, 2.05) is 6.08 Å². The second-order valence-corrected chi connectivity index (χ2v) is 9.47. The maximum atomic E-state index is 12.5. The molecule has 1 atom stereocenters. The third kappa shape index (κ3) is 7.26. The molecule has 0 aromatic carbocycles. The Labute approximate surface area is 173 Å². The van der Waals surface area contributed by atoms with Gasteiger partial charge in [-0.15, -0.1) is 0 Å². The number of rotatable bonds is 9. The molecular formula is C26H42O2. The molecule has 28 heavy (non-hydrogen) atoms. The third-order valence-corrected chi connectivity index (χ3v) is 7.17. The van der Waals surface area contributed by atoms with Gasteiger partial charge in [-0.2, -0.15) is 0 Å². The average Bonchev–Trinajstić information content (AvgIpc) is 2.70. The van der Waals surface area contributed by atoms with Crippen molar-refractivity contribution < 1.29 is 9.53 Å². The quantitative estimate of drug-likeness (QED) is 0.231. The molecule has 0 aliphatic heterocycles. The molecule has 2 aliphatic carbocycles. The van der Waals surface area contributed by atoms with Crippen LogP contribution in [0.3, 0.4) is 0 Å². The summed E-state index contributed by atoms with van der Waals surface area (Å²) in [5.41, 5.74) is 1.08. The lowest BCUT2D eigenvalue weighted by Gasteiger charge is -2.36. The molecule has 158 valence electrons. The smallest absolute Gasteiger partial charge is 0.314 e. The molecular weight excluding hydrogens is 344 g/mol. The predicted octanol–water partition coefficient (Wildman–Crippen LogP) is 7.61. The Bertz CT molecular complexity index is 543. The monoisotopic (exact) mass is 386 g/mol. The lowest BCUT2D eigenvalue weighted by molar-refractivity contribution is -0.145. The number of allylic oxidation sites excluding steroid dienone is 3. The van der Waals surface area contributed by atoms with Gasteiger partial charge < -0.3 is 4.74 Å². The SMILES string of the molecule is C=C(/C=C\C(=C)C(C)CCCC)OC(=O)C1CCC(C2CCC(C)CC2)CC1.